The Hall–Kier alpha value is -1.69. The van der Waals surface area contributed by atoms with Crippen LogP contribution in [0.5, 0.6) is 0 Å². The number of piperazine rings is 1. The molecule has 0 spiro atoms. The molecule has 5 nitrogen and oxygen atoms in total. The molecule has 0 bridgehead atoms. The largest absolute Gasteiger partial charge is 0.449 e. The van der Waals surface area contributed by atoms with Gasteiger partial charge in [0.1, 0.15) is 0 Å². The third-order valence-electron chi connectivity index (χ3n) is 3.84. The molecule has 25 heavy (non-hydrogen) atoms. The van der Waals surface area contributed by atoms with Gasteiger partial charge in [-0.05, 0) is 30.2 Å². The summed E-state index contributed by atoms with van der Waals surface area (Å²) < 4.78 is 5.25. The number of ether oxygens (including phenoxy) is 1. The fraction of sp³-hybridized carbons (Fsp3) is 0.579. The Morgan fingerprint density at radius 2 is 1.56 bits per heavy atom. The second-order valence-electron chi connectivity index (χ2n) is 6.94. The average Bonchev–Trinajstić information content (AvgIpc) is 2.59. The predicted molar refractivity (Wildman–Crippen MR) is 101 cm³/mol. The smallest absolute Gasteiger partial charge is 0.409 e. The van der Waals surface area contributed by atoms with Crippen molar-refractivity contribution in [1.29, 1.82) is 0 Å². The molecule has 1 saturated heterocycles. The van der Waals surface area contributed by atoms with Crippen LogP contribution >= 0.6 is 11.8 Å². The van der Waals surface area contributed by atoms with E-state index in [4.69, 9.17) is 4.74 Å². The molecule has 0 aliphatic carbocycles. The number of thioether (sulfide) groups is 1. The summed E-state index contributed by atoms with van der Waals surface area (Å²) in [5.74, 6) is 0.347. The number of benzene rings is 1. The zero-order valence-electron chi connectivity index (χ0n) is 15.5. The lowest BCUT2D eigenvalue weighted by Gasteiger charge is -2.34. The lowest BCUT2D eigenvalue weighted by Crippen LogP contribution is -2.50. The number of hydrogen-bond acceptors (Lipinski definition) is 4. The molecular weight excluding hydrogens is 336 g/mol. The highest BCUT2D eigenvalue weighted by Gasteiger charge is 2.25. The highest BCUT2D eigenvalue weighted by atomic mass is 32.2. The molecule has 0 radical (unpaired) electrons. The number of amides is 2. The van der Waals surface area contributed by atoms with Gasteiger partial charge in [-0.2, -0.15) is 0 Å². The molecule has 1 fully saturated rings. The van der Waals surface area contributed by atoms with Gasteiger partial charge in [-0.15, -0.1) is 11.8 Å². The van der Waals surface area contributed by atoms with Crippen LogP contribution in [0.1, 0.15) is 38.1 Å². The van der Waals surface area contributed by atoms with E-state index in [2.05, 4.69) is 13.8 Å². The lowest BCUT2D eigenvalue weighted by atomic mass is 10.2. The Labute approximate surface area is 154 Å². The van der Waals surface area contributed by atoms with Crippen LogP contribution in [-0.2, 0) is 4.74 Å². The van der Waals surface area contributed by atoms with Crippen LogP contribution in [0.2, 0.25) is 0 Å². The Balaban J connectivity index is 1.85. The predicted octanol–water partition coefficient (Wildman–Crippen LogP) is 3.74. The molecule has 0 aromatic heterocycles. The molecule has 1 aliphatic rings. The van der Waals surface area contributed by atoms with Crippen molar-refractivity contribution in [2.75, 3.05) is 32.8 Å². The Morgan fingerprint density at radius 3 is 2.08 bits per heavy atom. The monoisotopic (exact) mass is 364 g/mol. The number of carbonyl (C=O) groups excluding carboxylic acids is 2. The van der Waals surface area contributed by atoms with Gasteiger partial charge >= 0.3 is 6.09 Å². The summed E-state index contributed by atoms with van der Waals surface area (Å²) in [6.07, 6.45) is -0.282. The minimum atomic E-state index is -0.282. The van der Waals surface area contributed by atoms with E-state index < -0.39 is 0 Å². The van der Waals surface area contributed by atoms with E-state index in [0.29, 0.717) is 49.5 Å². The quantitative estimate of drug-likeness (QED) is 0.747. The first-order valence-corrected chi connectivity index (χ1v) is 9.72. The van der Waals surface area contributed by atoms with Crippen molar-refractivity contribution >= 4 is 23.8 Å². The maximum atomic E-state index is 12.6. The fourth-order valence-electron chi connectivity index (χ4n) is 2.55. The van der Waals surface area contributed by atoms with Gasteiger partial charge in [0.2, 0.25) is 0 Å². The van der Waals surface area contributed by atoms with Gasteiger partial charge in [0.15, 0.2) is 0 Å². The van der Waals surface area contributed by atoms with E-state index in [9.17, 15) is 9.59 Å². The van der Waals surface area contributed by atoms with E-state index >= 15 is 0 Å². The molecule has 0 unspecified atom stereocenters. The van der Waals surface area contributed by atoms with E-state index in [-0.39, 0.29) is 12.0 Å². The summed E-state index contributed by atoms with van der Waals surface area (Å²) in [6, 6.07) is 7.77. The third kappa shape index (κ3) is 5.96. The van der Waals surface area contributed by atoms with Crippen molar-refractivity contribution in [3.63, 3.8) is 0 Å². The molecule has 0 N–H and O–H groups in total. The average molecular weight is 365 g/mol. The topological polar surface area (TPSA) is 49.9 Å². The number of rotatable bonds is 5. The Morgan fingerprint density at radius 1 is 1.00 bits per heavy atom. The number of nitrogens with zero attached hydrogens (tertiary/aromatic N) is 2. The minimum absolute atomic E-state index is 0.0243. The van der Waals surface area contributed by atoms with Crippen LogP contribution in [-0.4, -0.2) is 59.8 Å². The second kappa shape index (κ2) is 9.13. The molecule has 1 aromatic carbocycles. The van der Waals surface area contributed by atoms with Gasteiger partial charge in [0.25, 0.3) is 5.91 Å². The van der Waals surface area contributed by atoms with Crippen molar-refractivity contribution < 1.29 is 14.3 Å². The summed E-state index contributed by atoms with van der Waals surface area (Å²) in [7, 11) is 0. The molecule has 6 heteroatoms. The zero-order chi connectivity index (χ0) is 18.4. The lowest BCUT2D eigenvalue weighted by molar-refractivity contribution is 0.0535. The van der Waals surface area contributed by atoms with Crippen molar-refractivity contribution in [1.82, 2.24) is 9.80 Å². The molecule has 2 amide bonds. The van der Waals surface area contributed by atoms with E-state index in [0.717, 1.165) is 0 Å². The molecule has 0 atom stereocenters. The van der Waals surface area contributed by atoms with Crippen molar-refractivity contribution in [3.8, 4) is 0 Å². The maximum Gasteiger partial charge on any atom is 0.409 e. The molecular formula is C19H28N2O3S. The summed E-state index contributed by atoms with van der Waals surface area (Å²) >= 11 is 1.78. The normalized spacial score (nSPS) is 15.0. The Bertz CT molecular complexity index is 579. The van der Waals surface area contributed by atoms with Crippen LogP contribution in [0.25, 0.3) is 0 Å². The summed E-state index contributed by atoms with van der Waals surface area (Å²) in [6.45, 7) is 10.9. The van der Waals surface area contributed by atoms with E-state index in [1.54, 1.807) is 21.6 Å². The zero-order valence-corrected chi connectivity index (χ0v) is 16.3. The fourth-order valence-corrected chi connectivity index (χ4v) is 3.39. The first-order chi connectivity index (χ1) is 11.9. The first-order valence-electron chi connectivity index (χ1n) is 8.84. The van der Waals surface area contributed by atoms with Crippen molar-refractivity contribution in [3.05, 3.63) is 29.8 Å². The van der Waals surface area contributed by atoms with Crippen LogP contribution in [0.4, 0.5) is 4.79 Å². The summed E-state index contributed by atoms with van der Waals surface area (Å²) in [5.41, 5.74) is 0.698. The third-order valence-corrected chi connectivity index (χ3v) is 4.85. The Kier molecular flexibility index (Phi) is 7.17. The summed E-state index contributed by atoms with van der Waals surface area (Å²) in [5, 5.41) is 0.519. The van der Waals surface area contributed by atoms with Crippen LogP contribution in [0, 0.1) is 5.92 Å². The first kappa shape index (κ1) is 19.6. The highest BCUT2D eigenvalue weighted by molar-refractivity contribution is 7.99. The second-order valence-corrected chi connectivity index (χ2v) is 8.59. The highest BCUT2D eigenvalue weighted by Crippen LogP contribution is 2.23. The van der Waals surface area contributed by atoms with Gasteiger partial charge in [-0.25, -0.2) is 4.79 Å². The van der Waals surface area contributed by atoms with Crippen LogP contribution in [0.15, 0.2) is 29.2 Å². The van der Waals surface area contributed by atoms with Gasteiger partial charge < -0.3 is 14.5 Å². The molecule has 1 aromatic rings. The van der Waals surface area contributed by atoms with E-state index in [1.807, 2.05) is 38.1 Å². The van der Waals surface area contributed by atoms with Gasteiger partial charge in [0.05, 0.1) is 6.61 Å². The van der Waals surface area contributed by atoms with Gasteiger partial charge in [-0.1, -0.05) is 27.7 Å². The van der Waals surface area contributed by atoms with Crippen LogP contribution < -0.4 is 0 Å². The SMILES string of the molecule is CC(C)COC(=O)N1CCN(C(=O)c2ccc(SC(C)C)cc2)CC1. The van der Waals surface area contributed by atoms with Crippen molar-refractivity contribution in [2.24, 2.45) is 5.92 Å². The molecule has 2 rings (SSSR count). The van der Waals surface area contributed by atoms with Crippen LogP contribution in [0.3, 0.4) is 0 Å². The van der Waals surface area contributed by atoms with Gasteiger partial charge in [0, 0.05) is 41.9 Å². The standard InChI is InChI=1S/C19H28N2O3S/c1-14(2)13-24-19(23)21-11-9-20(10-12-21)18(22)16-5-7-17(8-6-16)25-15(3)4/h5-8,14-15H,9-13H2,1-4H3. The number of hydrogen-bond donors (Lipinski definition) is 0. The molecule has 138 valence electrons. The molecule has 1 heterocycles. The van der Waals surface area contributed by atoms with Crippen molar-refractivity contribution in [2.45, 2.75) is 37.8 Å². The molecule has 1 aliphatic heterocycles. The minimum Gasteiger partial charge on any atom is -0.449 e. The van der Waals surface area contributed by atoms with Gasteiger partial charge in [-0.3, -0.25) is 4.79 Å². The molecule has 0 saturated carbocycles. The van der Waals surface area contributed by atoms with E-state index in [1.165, 1.54) is 4.90 Å². The maximum absolute atomic E-state index is 12.6. The number of carbonyl (C=O) groups is 2. The summed E-state index contributed by atoms with van der Waals surface area (Å²) in [4.78, 5) is 29.2.